The van der Waals surface area contributed by atoms with Gasteiger partial charge in [0.25, 0.3) is 0 Å². The molecule has 0 unspecified atom stereocenters. The summed E-state index contributed by atoms with van der Waals surface area (Å²) in [6.07, 6.45) is 0. The lowest BCUT2D eigenvalue weighted by Crippen LogP contribution is -2.17. The van der Waals surface area contributed by atoms with Gasteiger partial charge in [-0.05, 0) is 90.5 Å². The summed E-state index contributed by atoms with van der Waals surface area (Å²) >= 11 is 0. The molecule has 2 aliphatic heterocycles. The molecule has 7 nitrogen and oxygen atoms in total. The van der Waals surface area contributed by atoms with E-state index in [2.05, 4.69) is 101 Å². The summed E-state index contributed by atoms with van der Waals surface area (Å²) in [4.78, 5) is 14.2. The molecule has 0 N–H and O–H groups in total. The Hall–Kier alpha value is -7.38. The number of para-hydroxylation sites is 6. The summed E-state index contributed by atoms with van der Waals surface area (Å²) in [6.45, 7) is 4.40. The molecule has 0 fully saturated rings. The Morgan fingerprint density at radius 2 is 0.830 bits per heavy atom. The summed E-state index contributed by atoms with van der Waals surface area (Å²) in [7, 11) is 0. The molecule has 0 aliphatic carbocycles. The molecule has 2 aliphatic rings. The van der Waals surface area contributed by atoms with Crippen molar-refractivity contribution in [2.24, 2.45) is 0 Å². The van der Waals surface area contributed by atoms with E-state index in [-0.39, 0.29) is 0 Å². The third-order valence-electron chi connectivity index (χ3n) is 10.0. The van der Waals surface area contributed by atoms with Crippen LogP contribution in [0.25, 0.3) is 50.7 Å². The zero-order valence-corrected chi connectivity index (χ0v) is 28.2. The number of rotatable bonds is 4. The number of aromatic nitrogens is 2. The van der Waals surface area contributed by atoms with Crippen molar-refractivity contribution in [1.82, 2.24) is 9.97 Å². The first kappa shape index (κ1) is 29.4. The van der Waals surface area contributed by atoms with Crippen LogP contribution in [0.1, 0.15) is 11.1 Å². The van der Waals surface area contributed by atoms with Crippen LogP contribution in [0.15, 0.2) is 173 Å². The van der Waals surface area contributed by atoms with Crippen LogP contribution in [0.3, 0.4) is 0 Å². The molecule has 4 heterocycles. The second kappa shape index (κ2) is 11.3. The monoisotopic (exact) mass is 684 g/mol. The Balaban J connectivity index is 0.887. The molecule has 0 bridgehead atoms. The van der Waals surface area contributed by atoms with E-state index >= 15 is 0 Å². The lowest BCUT2D eigenvalue weighted by atomic mass is 9.91. The Labute approximate surface area is 304 Å². The summed E-state index contributed by atoms with van der Waals surface area (Å²) in [6, 6.07) is 53.2. The van der Waals surface area contributed by atoms with Crippen LogP contribution in [0, 0.1) is 0 Å². The highest BCUT2D eigenvalue weighted by molar-refractivity contribution is 6.00. The van der Waals surface area contributed by atoms with Gasteiger partial charge < -0.3 is 23.4 Å². The van der Waals surface area contributed by atoms with Crippen LogP contribution >= 0.6 is 0 Å². The number of benzene rings is 7. The van der Waals surface area contributed by atoms with Crippen molar-refractivity contribution in [3.8, 4) is 34.4 Å². The van der Waals surface area contributed by atoms with Gasteiger partial charge in [-0.2, -0.15) is 0 Å². The molecule has 0 spiro atoms. The standard InChI is InChI=1S/C46H28N4O3/c1-28-33-10-2-4-12-37(33)49(38-13-5-3-11-34(28)38)31-22-18-29(19-23-31)45-47-35-26-44-36(27-43(35)52-45)48-46(53-44)30-20-24-32(25-21-30)50-39-14-6-8-16-41(39)51-42-17-9-7-15-40(42)50/h2-27H,1H2. The summed E-state index contributed by atoms with van der Waals surface area (Å²) < 4.78 is 18.8. The average Bonchev–Trinajstić information content (AvgIpc) is 3.83. The van der Waals surface area contributed by atoms with E-state index < -0.39 is 0 Å². The summed E-state index contributed by atoms with van der Waals surface area (Å²) in [5.74, 6) is 2.69. The fourth-order valence-electron chi connectivity index (χ4n) is 7.49. The molecular weight excluding hydrogens is 657 g/mol. The first-order valence-electron chi connectivity index (χ1n) is 17.4. The third-order valence-corrected chi connectivity index (χ3v) is 10.0. The highest BCUT2D eigenvalue weighted by Gasteiger charge is 2.27. The molecule has 9 aromatic rings. The molecular formula is C46H28N4O3. The normalized spacial score (nSPS) is 13.0. The molecule has 0 amide bonds. The SMILES string of the molecule is C=C1c2ccccc2N(c2ccc(-c3nc4cc5oc(-c6ccc(N7c8ccccc8Oc8ccccc87)cc6)nc5cc4o3)cc2)c2ccccc21. The summed E-state index contributed by atoms with van der Waals surface area (Å²) in [5.41, 5.74) is 13.9. The van der Waals surface area contributed by atoms with Gasteiger partial charge in [0, 0.05) is 45.8 Å². The molecule has 0 saturated carbocycles. The molecule has 7 heteroatoms. The highest BCUT2D eigenvalue weighted by atomic mass is 16.5. The Kier molecular flexibility index (Phi) is 6.27. The topological polar surface area (TPSA) is 67.8 Å². The van der Waals surface area contributed by atoms with Gasteiger partial charge in [0.1, 0.15) is 11.0 Å². The molecule has 0 saturated heterocycles. The molecule has 53 heavy (non-hydrogen) atoms. The van der Waals surface area contributed by atoms with Crippen LogP contribution in [0.4, 0.5) is 34.1 Å². The summed E-state index contributed by atoms with van der Waals surface area (Å²) in [5, 5.41) is 0. The number of hydrogen-bond donors (Lipinski definition) is 0. The second-order valence-corrected chi connectivity index (χ2v) is 13.1. The van der Waals surface area contributed by atoms with Gasteiger partial charge in [0.05, 0.1) is 22.7 Å². The van der Waals surface area contributed by atoms with Crippen LogP contribution < -0.4 is 14.5 Å². The minimum atomic E-state index is 0.530. The number of fused-ring (bicyclic) bond motifs is 6. The average molecular weight is 685 g/mol. The number of hydrogen-bond acceptors (Lipinski definition) is 7. The molecule has 7 aromatic carbocycles. The van der Waals surface area contributed by atoms with E-state index in [0.29, 0.717) is 34.0 Å². The zero-order valence-electron chi connectivity index (χ0n) is 28.2. The van der Waals surface area contributed by atoms with Crippen LogP contribution in [-0.4, -0.2) is 9.97 Å². The van der Waals surface area contributed by atoms with E-state index in [1.54, 1.807) is 0 Å². The predicted molar refractivity (Wildman–Crippen MR) is 210 cm³/mol. The van der Waals surface area contributed by atoms with E-state index in [1.165, 1.54) is 0 Å². The fourth-order valence-corrected chi connectivity index (χ4v) is 7.49. The zero-order chi connectivity index (χ0) is 35.0. The lowest BCUT2D eigenvalue weighted by Gasteiger charge is -2.34. The molecule has 250 valence electrons. The number of nitrogens with zero attached hydrogens (tertiary/aromatic N) is 4. The van der Waals surface area contributed by atoms with Crippen LogP contribution in [0.2, 0.25) is 0 Å². The van der Waals surface area contributed by atoms with E-state index in [9.17, 15) is 0 Å². The second-order valence-electron chi connectivity index (χ2n) is 13.1. The van der Waals surface area contributed by atoms with E-state index in [1.807, 2.05) is 72.8 Å². The smallest absolute Gasteiger partial charge is 0.227 e. The van der Waals surface area contributed by atoms with Gasteiger partial charge in [-0.3, -0.25) is 0 Å². The molecule has 11 rings (SSSR count). The maximum atomic E-state index is 6.30. The first-order valence-corrected chi connectivity index (χ1v) is 17.4. The number of anilines is 6. The van der Waals surface area contributed by atoms with Gasteiger partial charge in [-0.1, -0.05) is 67.2 Å². The fraction of sp³-hybridized carbons (Fsp3) is 0. The molecule has 0 atom stereocenters. The van der Waals surface area contributed by atoms with Crippen molar-refractivity contribution < 1.29 is 13.6 Å². The minimum absolute atomic E-state index is 0.530. The Bertz CT molecular complexity index is 2760. The van der Waals surface area contributed by atoms with Gasteiger partial charge in [-0.15, -0.1) is 0 Å². The van der Waals surface area contributed by atoms with E-state index in [4.69, 9.17) is 23.5 Å². The highest BCUT2D eigenvalue weighted by Crippen LogP contribution is 2.51. The van der Waals surface area contributed by atoms with Crippen molar-refractivity contribution in [1.29, 1.82) is 0 Å². The third kappa shape index (κ3) is 4.61. The lowest BCUT2D eigenvalue weighted by molar-refractivity contribution is 0.477. The Morgan fingerprint density at radius 3 is 1.30 bits per heavy atom. The number of ether oxygens (including phenoxy) is 1. The van der Waals surface area contributed by atoms with Gasteiger partial charge in [0.2, 0.25) is 11.8 Å². The van der Waals surface area contributed by atoms with Crippen LogP contribution in [0.5, 0.6) is 11.5 Å². The molecule has 0 radical (unpaired) electrons. The van der Waals surface area contributed by atoms with Gasteiger partial charge >= 0.3 is 0 Å². The van der Waals surface area contributed by atoms with E-state index in [0.717, 1.165) is 73.5 Å². The maximum Gasteiger partial charge on any atom is 0.227 e. The van der Waals surface area contributed by atoms with Crippen molar-refractivity contribution >= 4 is 61.9 Å². The molecule has 2 aromatic heterocycles. The van der Waals surface area contributed by atoms with Crippen molar-refractivity contribution in [2.75, 3.05) is 9.80 Å². The Morgan fingerprint density at radius 1 is 0.434 bits per heavy atom. The predicted octanol–water partition coefficient (Wildman–Crippen LogP) is 12.7. The quantitative estimate of drug-likeness (QED) is 0.183. The van der Waals surface area contributed by atoms with Gasteiger partial charge in [0.15, 0.2) is 22.7 Å². The van der Waals surface area contributed by atoms with Crippen molar-refractivity contribution in [2.45, 2.75) is 0 Å². The van der Waals surface area contributed by atoms with Crippen molar-refractivity contribution in [3.05, 3.63) is 175 Å². The minimum Gasteiger partial charge on any atom is -0.453 e. The first-order chi connectivity index (χ1) is 26.2. The number of oxazole rings is 2. The van der Waals surface area contributed by atoms with Gasteiger partial charge in [-0.25, -0.2) is 9.97 Å². The largest absolute Gasteiger partial charge is 0.453 e. The van der Waals surface area contributed by atoms with Crippen molar-refractivity contribution in [3.63, 3.8) is 0 Å². The maximum absolute atomic E-state index is 6.30. The van der Waals surface area contributed by atoms with Crippen LogP contribution in [-0.2, 0) is 0 Å².